The molecule has 84 valence electrons. The first-order valence-corrected chi connectivity index (χ1v) is 6.09. The molecule has 0 bridgehead atoms. The molecular formula is C14H16O2. The van der Waals surface area contributed by atoms with Crippen molar-refractivity contribution < 1.29 is 9.59 Å². The fraction of sp³-hybridized carbons (Fsp3) is 0.571. The van der Waals surface area contributed by atoms with E-state index in [0.717, 1.165) is 43.3 Å². The predicted octanol–water partition coefficient (Wildman–Crippen LogP) is 2.74. The van der Waals surface area contributed by atoms with Gasteiger partial charge in [-0.05, 0) is 37.7 Å². The highest BCUT2D eigenvalue weighted by atomic mass is 16.1. The molecule has 2 nitrogen and oxygen atoms in total. The van der Waals surface area contributed by atoms with Crippen molar-refractivity contribution in [3.05, 3.63) is 23.3 Å². The van der Waals surface area contributed by atoms with Crippen molar-refractivity contribution in [2.24, 2.45) is 5.41 Å². The number of carbonyl (C=O) groups is 2. The van der Waals surface area contributed by atoms with Gasteiger partial charge in [0.2, 0.25) is 0 Å². The van der Waals surface area contributed by atoms with Gasteiger partial charge in [0.05, 0.1) is 5.41 Å². The zero-order chi connectivity index (χ0) is 11.3. The van der Waals surface area contributed by atoms with Crippen LogP contribution in [0.1, 0.15) is 44.9 Å². The Bertz CT molecular complexity index is 424. The molecule has 0 heterocycles. The van der Waals surface area contributed by atoms with Crippen LogP contribution in [0.4, 0.5) is 0 Å². The molecular weight excluding hydrogens is 200 g/mol. The first kappa shape index (κ1) is 10.0. The third kappa shape index (κ3) is 1.13. The van der Waals surface area contributed by atoms with Gasteiger partial charge in [-0.2, -0.15) is 0 Å². The van der Waals surface area contributed by atoms with Crippen LogP contribution in [0.5, 0.6) is 0 Å². The Kier molecular flexibility index (Phi) is 1.97. The van der Waals surface area contributed by atoms with Gasteiger partial charge in [-0.1, -0.05) is 17.7 Å². The molecule has 0 aromatic rings. The Balaban J connectivity index is 1.98. The minimum absolute atomic E-state index is 0.274. The van der Waals surface area contributed by atoms with Crippen LogP contribution >= 0.6 is 0 Å². The van der Waals surface area contributed by atoms with Crippen LogP contribution in [0.15, 0.2) is 23.3 Å². The second-order valence-electron chi connectivity index (χ2n) is 5.29. The molecule has 0 aromatic heterocycles. The standard InChI is InChI=1S/C14H16O2/c1-9-2-5-13(16)14(9)7-6-11-10(8-14)3-4-12(11)15/h1-8H2/t14-/m0/s1. The van der Waals surface area contributed by atoms with Crippen molar-refractivity contribution in [2.75, 3.05) is 0 Å². The molecule has 0 N–H and O–H groups in total. The van der Waals surface area contributed by atoms with E-state index >= 15 is 0 Å². The number of allylic oxidation sites excluding steroid dienone is 3. The average molecular weight is 216 g/mol. The molecule has 0 radical (unpaired) electrons. The van der Waals surface area contributed by atoms with Crippen LogP contribution in [0.25, 0.3) is 0 Å². The molecule has 0 aliphatic heterocycles. The largest absolute Gasteiger partial charge is 0.299 e. The summed E-state index contributed by atoms with van der Waals surface area (Å²) in [4.78, 5) is 23.7. The van der Waals surface area contributed by atoms with E-state index in [0.29, 0.717) is 24.4 Å². The Labute approximate surface area is 95.4 Å². The highest BCUT2D eigenvalue weighted by Crippen LogP contribution is 2.53. The highest BCUT2D eigenvalue weighted by Gasteiger charge is 2.48. The predicted molar refractivity (Wildman–Crippen MR) is 60.9 cm³/mol. The number of rotatable bonds is 0. The quantitative estimate of drug-likeness (QED) is 0.583. The molecule has 3 aliphatic carbocycles. The minimum Gasteiger partial charge on any atom is -0.299 e. The maximum absolute atomic E-state index is 12.1. The number of hydrogen-bond donors (Lipinski definition) is 0. The summed E-state index contributed by atoms with van der Waals surface area (Å²) in [5.41, 5.74) is 3.14. The van der Waals surface area contributed by atoms with Gasteiger partial charge in [-0.25, -0.2) is 0 Å². The zero-order valence-corrected chi connectivity index (χ0v) is 9.47. The lowest BCUT2D eigenvalue weighted by Crippen LogP contribution is -2.30. The van der Waals surface area contributed by atoms with Gasteiger partial charge >= 0.3 is 0 Å². The van der Waals surface area contributed by atoms with Crippen LogP contribution < -0.4 is 0 Å². The lowest BCUT2D eigenvalue weighted by molar-refractivity contribution is -0.125. The first-order valence-electron chi connectivity index (χ1n) is 6.09. The van der Waals surface area contributed by atoms with Gasteiger partial charge in [-0.15, -0.1) is 0 Å². The second kappa shape index (κ2) is 3.16. The van der Waals surface area contributed by atoms with Crippen molar-refractivity contribution in [3.63, 3.8) is 0 Å². The van der Waals surface area contributed by atoms with E-state index in [9.17, 15) is 9.59 Å². The van der Waals surface area contributed by atoms with Crippen LogP contribution in [-0.2, 0) is 9.59 Å². The summed E-state index contributed by atoms with van der Waals surface area (Å²) < 4.78 is 0. The molecule has 1 spiro atoms. The maximum atomic E-state index is 12.1. The van der Waals surface area contributed by atoms with Gasteiger partial charge in [-0.3, -0.25) is 9.59 Å². The smallest absolute Gasteiger partial charge is 0.159 e. The molecule has 2 heteroatoms. The molecule has 3 aliphatic rings. The van der Waals surface area contributed by atoms with E-state index in [-0.39, 0.29) is 5.41 Å². The van der Waals surface area contributed by atoms with E-state index in [2.05, 4.69) is 6.58 Å². The zero-order valence-electron chi connectivity index (χ0n) is 9.47. The van der Waals surface area contributed by atoms with Crippen molar-refractivity contribution in [2.45, 2.75) is 44.9 Å². The summed E-state index contributed by atoms with van der Waals surface area (Å²) in [6, 6.07) is 0. The van der Waals surface area contributed by atoms with Crippen LogP contribution in [0, 0.1) is 5.41 Å². The monoisotopic (exact) mass is 216 g/mol. The van der Waals surface area contributed by atoms with Gasteiger partial charge in [0.15, 0.2) is 5.78 Å². The summed E-state index contributed by atoms with van der Waals surface area (Å²) in [5, 5.41) is 0. The Morgan fingerprint density at radius 1 is 1.00 bits per heavy atom. The molecule has 1 fully saturated rings. The fourth-order valence-corrected chi connectivity index (χ4v) is 3.55. The number of ketones is 2. The average Bonchev–Trinajstić information content (AvgIpc) is 2.77. The van der Waals surface area contributed by atoms with Gasteiger partial charge in [0.25, 0.3) is 0 Å². The summed E-state index contributed by atoms with van der Waals surface area (Å²) in [6.07, 6.45) is 5.50. The maximum Gasteiger partial charge on any atom is 0.159 e. The van der Waals surface area contributed by atoms with Gasteiger partial charge < -0.3 is 0 Å². The van der Waals surface area contributed by atoms with E-state index in [1.165, 1.54) is 5.57 Å². The Morgan fingerprint density at radius 2 is 1.81 bits per heavy atom. The minimum atomic E-state index is -0.274. The molecule has 0 aromatic carbocycles. The Morgan fingerprint density at radius 3 is 2.50 bits per heavy atom. The fourth-order valence-electron chi connectivity index (χ4n) is 3.55. The lowest BCUT2D eigenvalue weighted by Gasteiger charge is -2.33. The molecule has 16 heavy (non-hydrogen) atoms. The van der Waals surface area contributed by atoms with Gasteiger partial charge in [0.1, 0.15) is 5.78 Å². The van der Waals surface area contributed by atoms with E-state index in [4.69, 9.17) is 0 Å². The number of carbonyl (C=O) groups excluding carboxylic acids is 2. The van der Waals surface area contributed by atoms with Crippen LogP contribution in [0.2, 0.25) is 0 Å². The van der Waals surface area contributed by atoms with E-state index in [1.54, 1.807) is 0 Å². The summed E-state index contributed by atoms with van der Waals surface area (Å²) >= 11 is 0. The topological polar surface area (TPSA) is 34.1 Å². The second-order valence-corrected chi connectivity index (χ2v) is 5.29. The summed E-state index contributed by atoms with van der Waals surface area (Å²) in [7, 11) is 0. The summed E-state index contributed by atoms with van der Waals surface area (Å²) in [5.74, 6) is 0.685. The summed E-state index contributed by atoms with van der Waals surface area (Å²) in [6.45, 7) is 4.09. The number of Topliss-reactive ketones (excluding diaryl/α,β-unsaturated/α-hetero) is 2. The van der Waals surface area contributed by atoms with Crippen LogP contribution in [-0.4, -0.2) is 11.6 Å². The molecule has 0 amide bonds. The highest BCUT2D eigenvalue weighted by molar-refractivity contribution is 6.00. The van der Waals surface area contributed by atoms with Crippen LogP contribution in [0.3, 0.4) is 0 Å². The Hall–Kier alpha value is -1.18. The van der Waals surface area contributed by atoms with Crippen molar-refractivity contribution in [3.8, 4) is 0 Å². The van der Waals surface area contributed by atoms with E-state index < -0.39 is 0 Å². The third-order valence-electron chi connectivity index (χ3n) is 4.60. The lowest BCUT2D eigenvalue weighted by atomic mass is 9.68. The van der Waals surface area contributed by atoms with Crippen molar-refractivity contribution in [1.82, 2.24) is 0 Å². The molecule has 0 unspecified atom stereocenters. The van der Waals surface area contributed by atoms with Crippen molar-refractivity contribution in [1.29, 1.82) is 0 Å². The first-order chi connectivity index (χ1) is 7.63. The van der Waals surface area contributed by atoms with E-state index in [1.807, 2.05) is 0 Å². The molecule has 3 rings (SSSR count). The van der Waals surface area contributed by atoms with Crippen molar-refractivity contribution >= 4 is 11.6 Å². The third-order valence-corrected chi connectivity index (χ3v) is 4.60. The normalized spacial score (nSPS) is 34.1. The molecule has 0 saturated heterocycles. The molecule has 1 saturated carbocycles. The SMILES string of the molecule is C=C1CCC(=O)[C@]12CCC1=C(CCC1=O)C2. The van der Waals surface area contributed by atoms with Gasteiger partial charge in [0, 0.05) is 12.8 Å². The molecule has 1 atom stereocenters. The number of hydrogen-bond acceptors (Lipinski definition) is 2.